The summed E-state index contributed by atoms with van der Waals surface area (Å²) in [4.78, 5) is 33.3. The smallest absolute Gasteiger partial charge is 0.303 e. The molecule has 1 aliphatic heterocycles. The van der Waals surface area contributed by atoms with Crippen molar-refractivity contribution in [2.24, 2.45) is 0 Å². The number of likely N-dealkylation sites (N-methyl/N-ethyl adjacent to an activating group) is 1. The molecule has 0 N–H and O–H groups in total. The summed E-state index contributed by atoms with van der Waals surface area (Å²) in [5.41, 5.74) is 4.20. The number of hydrogen-bond acceptors (Lipinski definition) is 7. The normalized spacial score (nSPS) is 17.0. The number of esters is 1. The molecule has 1 amide bonds. The number of anilines is 2. The average molecular weight is 548 g/mol. The van der Waals surface area contributed by atoms with Crippen molar-refractivity contribution in [1.82, 2.24) is 4.90 Å². The van der Waals surface area contributed by atoms with Gasteiger partial charge < -0.3 is 24.2 Å². The second-order valence-electron chi connectivity index (χ2n) is 9.92. The van der Waals surface area contributed by atoms with Crippen molar-refractivity contribution in [3.05, 3.63) is 83.9 Å². The van der Waals surface area contributed by atoms with Crippen LogP contribution in [0.4, 0.5) is 11.4 Å². The molecule has 8 heteroatoms. The van der Waals surface area contributed by atoms with Crippen LogP contribution in [0.5, 0.6) is 5.75 Å². The summed E-state index contributed by atoms with van der Waals surface area (Å²) < 4.78 is 11.0. The zero-order valence-electron chi connectivity index (χ0n) is 23.3. The fraction of sp³-hybridized carbons (Fsp3) is 0.355. The van der Waals surface area contributed by atoms with Crippen molar-refractivity contribution in [3.8, 4) is 5.75 Å². The van der Waals surface area contributed by atoms with Crippen LogP contribution in [0.3, 0.4) is 0 Å². The van der Waals surface area contributed by atoms with Crippen molar-refractivity contribution in [2.75, 3.05) is 57.7 Å². The van der Waals surface area contributed by atoms with Gasteiger partial charge in [-0.15, -0.1) is 11.8 Å². The minimum absolute atomic E-state index is 0.212. The number of nitrogens with zero attached hydrogens (tertiary/aromatic N) is 3. The minimum Gasteiger partial charge on any atom is -0.497 e. The third kappa shape index (κ3) is 7.13. The van der Waals surface area contributed by atoms with Crippen LogP contribution in [0, 0.1) is 0 Å². The van der Waals surface area contributed by atoms with Gasteiger partial charge in [-0.2, -0.15) is 0 Å². The molecule has 39 heavy (non-hydrogen) atoms. The van der Waals surface area contributed by atoms with Crippen LogP contribution in [0.25, 0.3) is 0 Å². The molecular formula is C31H37N3O4S. The van der Waals surface area contributed by atoms with Crippen LogP contribution < -0.4 is 14.5 Å². The van der Waals surface area contributed by atoms with E-state index in [4.69, 9.17) is 9.47 Å². The summed E-state index contributed by atoms with van der Waals surface area (Å²) in [5.74, 6) is 0.0391. The third-order valence-corrected chi connectivity index (χ3v) is 8.22. The molecule has 0 aromatic heterocycles. The Morgan fingerprint density at radius 3 is 2.41 bits per heavy atom. The quantitative estimate of drug-likeness (QED) is 0.329. The summed E-state index contributed by atoms with van der Waals surface area (Å²) in [5, 5.41) is -0.389. The molecule has 0 aliphatic carbocycles. The molecule has 1 heterocycles. The SMILES string of the molecule is COc1ccc([C@H]2Sc3ccccc3N(CCN(C)CCc3cccc(N(C)C)c3)C(=O)[C@H]2OC(C)=O)cc1. The molecule has 1 aliphatic rings. The second kappa shape index (κ2) is 13.0. The summed E-state index contributed by atoms with van der Waals surface area (Å²) in [6.45, 7) is 3.37. The number of fused-ring (bicyclic) bond motifs is 1. The van der Waals surface area contributed by atoms with Gasteiger partial charge in [-0.3, -0.25) is 9.59 Å². The molecule has 3 aromatic rings. The van der Waals surface area contributed by atoms with Crippen molar-refractivity contribution in [1.29, 1.82) is 0 Å². The van der Waals surface area contributed by atoms with Gasteiger partial charge in [0.15, 0.2) is 6.10 Å². The van der Waals surface area contributed by atoms with Crippen molar-refractivity contribution >= 4 is 35.0 Å². The Hall–Kier alpha value is -3.49. The number of para-hydroxylation sites is 1. The third-order valence-electron chi connectivity index (χ3n) is 6.85. The maximum Gasteiger partial charge on any atom is 0.303 e. The summed E-state index contributed by atoms with van der Waals surface area (Å²) in [7, 11) is 7.78. The van der Waals surface area contributed by atoms with Gasteiger partial charge >= 0.3 is 5.97 Å². The number of thioether (sulfide) groups is 1. The lowest BCUT2D eigenvalue weighted by Crippen LogP contribution is -2.45. The van der Waals surface area contributed by atoms with E-state index in [1.54, 1.807) is 23.8 Å². The van der Waals surface area contributed by atoms with E-state index >= 15 is 0 Å². The molecule has 0 spiro atoms. The molecule has 2 atom stereocenters. The highest BCUT2D eigenvalue weighted by Gasteiger charge is 2.40. The number of hydrogen-bond donors (Lipinski definition) is 0. The minimum atomic E-state index is -0.952. The van der Waals surface area contributed by atoms with Crippen LogP contribution in [0.2, 0.25) is 0 Å². The van der Waals surface area contributed by atoms with Crippen molar-refractivity contribution < 1.29 is 19.1 Å². The molecule has 0 unspecified atom stereocenters. The van der Waals surface area contributed by atoms with Crippen LogP contribution in [-0.2, 0) is 20.7 Å². The van der Waals surface area contributed by atoms with E-state index in [1.165, 1.54) is 18.2 Å². The lowest BCUT2D eigenvalue weighted by atomic mass is 10.1. The van der Waals surface area contributed by atoms with E-state index in [2.05, 4.69) is 41.1 Å². The number of methoxy groups -OCH3 is 1. The molecule has 0 radical (unpaired) electrons. The summed E-state index contributed by atoms with van der Waals surface area (Å²) in [6.07, 6.45) is -0.0406. The van der Waals surface area contributed by atoms with E-state index in [1.807, 2.05) is 62.6 Å². The fourth-order valence-corrected chi connectivity index (χ4v) is 5.95. The predicted molar refractivity (Wildman–Crippen MR) is 158 cm³/mol. The first-order chi connectivity index (χ1) is 18.8. The summed E-state index contributed by atoms with van der Waals surface area (Å²) >= 11 is 1.55. The Morgan fingerprint density at radius 2 is 1.72 bits per heavy atom. The molecule has 0 saturated heterocycles. The molecule has 0 bridgehead atoms. The maximum absolute atomic E-state index is 14.0. The first-order valence-corrected chi connectivity index (χ1v) is 14.0. The molecule has 4 rings (SSSR count). The Balaban J connectivity index is 1.53. The van der Waals surface area contributed by atoms with Gasteiger partial charge in [-0.1, -0.05) is 36.4 Å². The molecule has 7 nitrogen and oxygen atoms in total. The number of benzene rings is 3. The van der Waals surface area contributed by atoms with Gasteiger partial charge in [-0.25, -0.2) is 0 Å². The van der Waals surface area contributed by atoms with Gasteiger partial charge in [0, 0.05) is 51.2 Å². The van der Waals surface area contributed by atoms with Crippen molar-refractivity contribution in [2.45, 2.75) is 29.6 Å². The monoisotopic (exact) mass is 547 g/mol. The predicted octanol–water partition coefficient (Wildman–Crippen LogP) is 5.05. The Kier molecular flexibility index (Phi) is 9.54. The largest absolute Gasteiger partial charge is 0.497 e. The Labute approximate surface area is 235 Å². The highest BCUT2D eigenvalue weighted by Crippen LogP contribution is 2.46. The van der Waals surface area contributed by atoms with Gasteiger partial charge in [0.25, 0.3) is 5.91 Å². The van der Waals surface area contributed by atoms with Gasteiger partial charge in [0.2, 0.25) is 0 Å². The topological polar surface area (TPSA) is 62.3 Å². The van der Waals surface area contributed by atoms with E-state index in [-0.39, 0.29) is 11.2 Å². The molecular weight excluding hydrogens is 510 g/mol. The lowest BCUT2D eigenvalue weighted by Gasteiger charge is -2.29. The zero-order chi connectivity index (χ0) is 27.9. The fourth-order valence-electron chi connectivity index (χ4n) is 4.63. The summed E-state index contributed by atoms with van der Waals surface area (Å²) in [6, 6.07) is 24.0. The molecule has 3 aromatic carbocycles. The van der Waals surface area contributed by atoms with E-state index in [0.29, 0.717) is 13.1 Å². The first-order valence-electron chi connectivity index (χ1n) is 13.1. The maximum atomic E-state index is 14.0. The van der Waals surface area contributed by atoms with Crippen molar-refractivity contribution in [3.63, 3.8) is 0 Å². The molecule has 0 fully saturated rings. The highest BCUT2D eigenvalue weighted by molar-refractivity contribution is 7.99. The van der Waals surface area contributed by atoms with E-state index < -0.39 is 12.1 Å². The second-order valence-corrected chi connectivity index (χ2v) is 11.1. The molecule has 206 valence electrons. The number of rotatable bonds is 10. The number of carbonyl (C=O) groups is 2. The number of amides is 1. The Morgan fingerprint density at radius 1 is 0.974 bits per heavy atom. The lowest BCUT2D eigenvalue weighted by molar-refractivity contribution is -0.152. The van der Waals surface area contributed by atoms with E-state index in [9.17, 15) is 9.59 Å². The van der Waals surface area contributed by atoms with Gasteiger partial charge in [-0.05, 0) is 61.0 Å². The zero-order valence-corrected chi connectivity index (χ0v) is 24.1. The Bertz CT molecular complexity index is 1280. The van der Waals surface area contributed by atoms with Gasteiger partial charge in [0.05, 0.1) is 18.0 Å². The highest BCUT2D eigenvalue weighted by atomic mass is 32.2. The van der Waals surface area contributed by atoms with E-state index in [0.717, 1.165) is 34.9 Å². The molecule has 0 saturated carbocycles. The van der Waals surface area contributed by atoms with Gasteiger partial charge in [0.1, 0.15) is 5.75 Å². The first kappa shape index (κ1) is 28.5. The average Bonchev–Trinajstić information content (AvgIpc) is 3.05. The van der Waals surface area contributed by atoms with Crippen LogP contribution in [0.1, 0.15) is 23.3 Å². The standard InChI is InChI=1S/C31H37N3O4S/c1-22(35)38-29-30(24-13-15-26(37-5)16-14-24)39-28-12-7-6-11-27(28)34(31(29)36)20-19-33(4)18-17-23-9-8-10-25(21-23)32(2)3/h6-16,21,29-30H,17-20H2,1-5H3/t29-,30+/m0/s1. The van der Waals surface area contributed by atoms with Crippen LogP contribution >= 0.6 is 11.8 Å². The van der Waals surface area contributed by atoms with Crippen LogP contribution in [-0.4, -0.2) is 70.8 Å². The number of ether oxygens (including phenoxy) is 2. The van der Waals surface area contributed by atoms with Crippen LogP contribution in [0.15, 0.2) is 77.7 Å². The number of carbonyl (C=O) groups excluding carboxylic acids is 2.